The van der Waals surface area contributed by atoms with E-state index in [0.29, 0.717) is 5.56 Å². The minimum atomic E-state index is -1.15. The summed E-state index contributed by atoms with van der Waals surface area (Å²) in [5.74, 6) is -0.0837. The van der Waals surface area contributed by atoms with Crippen LogP contribution in [-0.2, 0) is 0 Å². The zero-order valence-corrected chi connectivity index (χ0v) is 8.02. The third kappa shape index (κ3) is 2.42. The van der Waals surface area contributed by atoms with Gasteiger partial charge >= 0.3 is 0 Å². The number of alkyl halides is 1. The summed E-state index contributed by atoms with van der Waals surface area (Å²) in [6.07, 6.45) is -0.822. The van der Waals surface area contributed by atoms with Crippen LogP contribution in [0, 0.1) is 11.3 Å². The van der Waals surface area contributed by atoms with Crippen molar-refractivity contribution in [1.82, 2.24) is 4.98 Å². The molecule has 0 aliphatic carbocycles. The number of aliphatic hydroxyl groups excluding tert-OH is 2. The Morgan fingerprint density at radius 2 is 2.29 bits per heavy atom. The van der Waals surface area contributed by atoms with Crippen LogP contribution in [0.1, 0.15) is 17.4 Å². The normalized spacial score (nSPS) is 14.4. The van der Waals surface area contributed by atoms with Gasteiger partial charge in [0.2, 0.25) is 0 Å². The lowest BCUT2D eigenvalue weighted by molar-refractivity contribution is 0.0300. The Kier molecular flexibility index (Phi) is 3.84. The number of hydrogen-bond acceptors (Lipinski definition) is 4. The van der Waals surface area contributed by atoms with E-state index >= 15 is 0 Å². The summed E-state index contributed by atoms with van der Waals surface area (Å²) < 4.78 is 0. The maximum atomic E-state index is 9.50. The average Bonchev–Trinajstić information content (AvgIpc) is 2.27. The maximum absolute atomic E-state index is 9.50. The minimum Gasteiger partial charge on any atom is -0.389 e. The first-order chi connectivity index (χ1) is 6.69. The number of aliphatic hydroxyl groups is 2. The summed E-state index contributed by atoms with van der Waals surface area (Å²) in [7, 11) is 0. The van der Waals surface area contributed by atoms with Crippen LogP contribution >= 0.6 is 11.6 Å². The van der Waals surface area contributed by atoms with Gasteiger partial charge in [0.15, 0.2) is 0 Å². The van der Waals surface area contributed by atoms with Crippen LogP contribution in [0.25, 0.3) is 0 Å². The second-order valence-electron chi connectivity index (χ2n) is 2.75. The van der Waals surface area contributed by atoms with Crippen molar-refractivity contribution >= 4 is 11.6 Å². The highest BCUT2D eigenvalue weighted by Gasteiger charge is 2.18. The third-order valence-electron chi connectivity index (χ3n) is 1.74. The Hall–Kier alpha value is -1.15. The lowest BCUT2D eigenvalue weighted by Crippen LogP contribution is -2.20. The van der Waals surface area contributed by atoms with E-state index in [0.717, 1.165) is 0 Å². The Balaban J connectivity index is 2.91. The van der Waals surface area contributed by atoms with Crippen LogP contribution in [0.4, 0.5) is 0 Å². The van der Waals surface area contributed by atoms with Gasteiger partial charge in [-0.3, -0.25) is 4.98 Å². The smallest absolute Gasteiger partial charge is 0.123 e. The van der Waals surface area contributed by atoms with Gasteiger partial charge in [-0.1, -0.05) is 0 Å². The van der Waals surface area contributed by atoms with Crippen molar-refractivity contribution in [1.29, 1.82) is 5.26 Å². The molecule has 0 fully saturated rings. The molecule has 0 spiro atoms. The van der Waals surface area contributed by atoms with Gasteiger partial charge in [-0.05, 0) is 12.1 Å². The Morgan fingerprint density at radius 1 is 1.57 bits per heavy atom. The van der Waals surface area contributed by atoms with Gasteiger partial charge in [-0.2, -0.15) is 5.26 Å². The van der Waals surface area contributed by atoms with Crippen LogP contribution in [0.3, 0.4) is 0 Å². The maximum Gasteiger partial charge on any atom is 0.123 e. The predicted molar refractivity (Wildman–Crippen MR) is 50.6 cm³/mol. The molecular weight excluding hydrogens is 204 g/mol. The zero-order chi connectivity index (χ0) is 10.6. The number of rotatable bonds is 3. The molecule has 1 aromatic heterocycles. The van der Waals surface area contributed by atoms with Crippen molar-refractivity contribution in [3.05, 3.63) is 29.6 Å². The first-order valence-electron chi connectivity index (χ1n) is 3.97. The molecule has 0 bridgehead atoms. The number of hydrogen-bond donors (Lipinski definition) is 2. The molecule has 0 radical (unpaired) electrons. The van der Waals surface area contributed by atoms with Gasteiger partial charge in [-0.15, -0.1) is 11.6 Å². The van der Waals surface area contributed by atoms with Crippen LogP contribution < -0.4 is 0 Å². The second-order valence-corrected chi connectivity index (χ2v) is 3.06. The molecule has 5 heteroatoms. The monoisotopic (exact) mass is 212 g/mol. The van der Waals surface area contributed by atoms with Crippen LogP contribution in [0.2, 0.25) is 0 Å². The van der Waals surface area contributed by atoms with E-state index in [1.165, 1.54) is 18.3 Å². The standard InChI is InChI=1S/C9H9ClN2O2/c10-4-8(13)9(14)7-3-6(5-11)1-2-12-7/h1-3,8-9,13-14H,4H2. The van der Waals surface area contributed by atoms with Crippen molar-refractivity contribution in [2.45, 2.75) is 12.2 Å². The van der Waals surface area contributed by atoms with Gasteiger partial charge in [0.25, 0.3) is 0 Å². The molecule has 0 amide bonds. The Bertz CT molecular complexity index is 351. The van der Waals surface area contributed by atoms with Crippen molar-refractivity contribution < 1.29 is 10.2 Å². The van der Waals surface area contributed by atoms with E-state index in [1.54, 1.807) is 0 Å². The van der Waals surface area contributed by atoms with Gasteiger partial charge in [0.1, 0.15) is 6.10 Å². The quantitative estimate of drug-likeness (QED) is 0.719. The molecule has 0 aliphatic rings. The molecule has 0 aromatic carbocycles. The Labute approximate surface area is 86.4 Å². The van der Waals surface area contributed by atoms with E-state index in [4.69, 9.17) is 16.9 Å². The number of aromatic nitrogens is 1. The molecule has 1 heterocycles. The van der Waals surface area contributed by atoms with Crippen molar-refractivity contribution in [3.63, 3.8) is 0 Å². The summed E-state index contributed by atoms with van der Waals surface area (Å²) in [5.41, 5.74) is 0.632. The fourth-order valence-electron chi connectivity index (χ4n) is 0.961. The molecular formula is C9H9ClN2O2. The highest BCUT2D eigenvalue weighted by Crippen LogP contribution is 2.16. The van der Waals surface area contributed by atoms with E-state index < -0.39 is 12.2 Å². The largest absolute Gasteiger partial charge is 0.389 e. The number of halogens is 1. The van der Waals surface area contributed by atoms with Crippen molar-refractivity contribution in [3.8, 4) is 6.07 Å². The molecule has 14 heavy (non-hydrogen) atoms. The SMILES string of the molecule is N#Cc1ccnc(C(O)C(O)CCl)c1. The van der Waals surface area contributed by atoms with E-state index in [1.807, 2.05) is 6.07 Å². The number of pyridine rings is 1. The van der Waals surface area contributed by atoms with E-state index in [2.05, 4.69) is 4.98 Å². The van der Waals surface area contributed by atoms with Gasteiger partial charge in [-0.25, -0.2) is 0 Å². The summed E-state index contributed by atoms with van der Waals surface area (Å²) in [5, 5.41) is 27.3. The molecule has 74 valence electrons. The van der Waals surface area contributed by atoms with Crippen molar-refractivity contribution in [2.24, 2.45) is 0 Å². The molecule has 0 saturated carbocycles. The fourth-order valence-corrected chi connectivity index (χ4v) is 1.13. The Morgan fingerprint density at radius 3 is 2.86 bits per heavy atom. The predicted octanol–water partition coefficient (Wildman–Crippen LogP) is 0.586. The highest BCUT2D eigenvalue weighted by atomic mass is 35.5. The second kappa shape index (κ2) is 4.91. The molecule has 1 aromatic rings. The molecule has 2 N–H and O–H groups in total. The topological polar surface area (TPSA) is 77.1 Å². The number of nitriles is 1. The lowest BCUT2D eigenvalue weighted by Gasteiger charge is -2.14. The minimum absolute atomic E-state index is 0.0837. The molecule has 4 nitrogen and oxygen atoms in total. The molecule has 2 unspecified atom stereocenters. The molecule has 0 aliphatic heterocycles. The number of nitrogens with zero attached hydrogens (tertiary/aromatic N) is 2. The molecule has 0 saturated heterocycles. The third-order valence-corrected chi connectivity index (χ3v) is 2.05. The summed E-state index contributed by atoms with van der Waals surface area (Å²) in [6, 6.07) is 4.85. The first kappa shape index (κ1) is 10.9. The molecule has 2 atom stereocenters. The lowest BCUT2D eigenvalue weighted by atomic mass is 10.1. The van der Waals surface area contributed by atoms with Gasteiger partial charge in [0, 0.05) is 6.20 Å². The van der Waals surface area contributed by atoms with E-state index in [9.17, 15) is 10.2 Å². The molecule has 1 rings (SSSR count). The van der Waals surface area contributed by atoms with Gasteiger partial charge in [0.05, 0.1) is 29.3 Å². The fraction of sp³-hybridized carbons (Fsp3) is 0.333. The van der Waals surface area contributed by atoms with Crippen LogP contribution in [-0.4, -0.2) is 27.2 Å². The van der Waals surface area contributed by atoms with Crippen molar-refractivity contribution in [2.75, 3.05) is 5.88 Å². The summed E-state index contributed by atoms with van der Waals surface area (Å²) >= 11 is 5.37. The highest BCUT2D eigenvalue weighted by molar-refractivity contribution is 6.18. The summed E-state index contributed by atoms with van der Waals surface area (Å²) in [6.45, 7) is 0. The van der Waals surface area contributed by atoms with Crippen LogP contribution in [0.5, 0.6) is 0 Å². The first-order valence-corrected chi connectivity index (χ1v) is 4.50. The van der Waals surface area contributed by atoms with Gasteiger partial charge < -0.3 is 10.2 Å². The zero-order valence-electron chi connectivity index (χ0n) is 7.26. The average molecular weight is 213 g/mol. The van der Waals surface area contributed by atoms with E-state index in [-0.39, 0.29) is 11.6 Å². The van der Waals surface area contributed by atoms with Crippen LogP contribution in [0.15, 0.2) is 18.3 Å². The summed E-state index contributed by atoms with van der Waals surface area (Å²) in [4.78, 5) is 3.84.